The molecule has 1 fully saturated rings. The van der Waals surface area contributed by atoms with E-state index in [1.165, 1.54) is 21.3 Å². The lowest BCUT2D eigenvalue weighted by molar-refractivity contribution is 0.0983. The minimum atomic E-state index is -0.225. The highest BCUT2D eigenvalue weighted by atomic mass is 16.5. The van der Waals surface area contributed by atoms with Crippen molar-refractivity contribution < 1.29 is 23.7 Å². The Labute approximate surface area is 163 Å². The van der Waals surface area contributed by atoms with Crippen LogP contribution in [0.3, 0.4) is 0 Å². The summed E-state index contributed by atoms with van der Waals surface area (Å²) >= 11 is 0. The van der Waals surface area contributed by atoms with E-state index in [1.54, 1.807) is 35.5 Å². The number of ether oxygens (including phenoxy) is 4. The average molecular weight is 388 g/mol. The van der Waals surface area contributed by atoms with Crippen molar-refractivity contribution in [3.05, 3.63) is 30.6 Å². The van der Waals surface area contributed by atoms with E-state index in [0.29, 0.717) is 42.0 Å². The number of aromatic nitrogens is 2. The summed E-state index contributed by atoms with van der Waals surface area (Å²) in [6.45, 7) is 1.10. The Morgan fingerprint density at radius 1 is 1.11 bits per heavy atom. The van der Waals surface area contributed by atoms with Gasteiger partial charge in [0.05, 0.1) is 33.6 Å². The fourth-order valence-corrected chi connectivity index (χ4v) is 3.07. The van der Waals surface area contributed by atoms with Gasteiger partial charge in [0.2, 0.25) is 5.75 Å². The third kappa shape index (κ3) is 4.54. The van der Waals surface area contributed by atoms with Gasteiger partial charge in [-0.3, -0.25) is 0 Å². The van der Waals surface area contributed by atoms with Crippen molar-refractivity contribution in [2.75, 3.05) is 39.7 Å². The summed E-state index contributed by atoms with van der Waals surface area (Å²) in [7, 11) is 4.59. The van der Waals surface area contributed by atoms with Crippen molar-refractivity contribution in [1.82, 2.24) is 14.9 Å². The number of carbonyl (C=O) groups is 1. The molecule has 1 aliphatic rings. The molecule has 3 rings (SSSR count). The van der Waals surface area contributed by atoms with Crippen LogP contribution in [0.25, 0.3) is 0 Å². The molecule has 1 aromatic carbocycles. The lowest BCUT2D eigenvalue weighted by Gasteiger charge is -2.32. The van der Waals surface area contributed by atoms with E-state index in [0.717, 1.165) is 12.8 Å². The second-order valence-corrected chi connectivity index (χ2v) is 6.20. The Balaban J connectivity index is 1.67. The standard InChI is InChI=1S/C19H24N4O5/c1-25-15-10-13(11-16(26-2)17(15)27-3)22-19(24)23-9-4-6-14(12-23)28-18-20-7-5-8-21-18/h5,7-8,10-11,14H,4,6,9,12H2,1-3H3,(H,22,24). The Morgan fingerprint density at radius 2 is 1.79 bits per heavy atom. The van der Waals surface area contributed by atoms with Gasteiger partial charge < -0.3 is 29.2 Å². The van der Waals surface area contributed by atoms with E-state index in [1.807, 2.05) is 0 Å². The molecule has 9 heteroatoms. The fraction of sp³-hybridized carbons (Fsp3) is 0.421. The molecule has 0 aliphatic carbocycles. The second-order valence-electron chi connectivity index (χ2n) is 6.20. The Hall–Kier alpha value is -3.23. The largest absolute Gasteiger partial charge is 0.493 e. The van der Waals surface area contributed by atoms with E-state index >= 15 is 0 Å². The maximum atomic E-state index is 12.7. The van der Waals surface area contributed by atoms with Crippen molar-refractivity contribution in [1.29, 1.82) is 0 Å². The highest BCUT2D eigenvalue weighted by Gasteiger charge is 2.26. The number of methoxy groups -OCH3 is 3. The van der Waals surface area contributed by atoms with Gasteiger partial charge >= 0.3 is 12.0 Å². The van der Waals surface area contributed by atoms with E-state index in [-0.39, 0.29) is 12.1 Å². The summed E-state index contributed by atoms with van der Waals surface area (Å²) < 4.78 is 21.7. The Morgan fingerprint density at radius 3 is 2.39 bits per heavy atom. The Bertz CT molecular complexity index is 777. The summed E-state index contributed by atoms with van der Waals surface area (Å²) in [5.74, 6) is 1.41. The first-order valence-electron chi connectivity index (χ1n) is 8.94. The number of carbonyl (C=O) groups excluding carboxylic acids is 1. The van der Waals surface area contributed by atoms with Gasteiger partial charge in [-0.2, -0.15) is 0 Å². The number of anilines is 1. The van der Waals surface area contributed by atoms with Crippen LogP contribution in [0.15, 0.2) is 30.6 Å². The lowest BCUT2D eigenvalue weighted by Crippen LogP contribution is -2.46. The van der Waals surface area contributed by atoms with Gasteiger partial charge in [0.25, 0.3) is 0 Å². The number of nitrogens with one attached hydrogen (secondary N) is 1. The van der Waals surface area contributed by atoms with Crippen LogP contribution in [0.2, 0.25) is 0 Å². The van der Waals surface area contributed by atoms with Crippen LogP contribution in [0.4, 0.5) is 10.5 Å². The zero-order chi connectivity index (χ0) is 19.9. The molecular formula is C19H24N4O5. The number of piperidine rings is 1. The summed E-state index contributed by atoms with van der Waals surface area (Å²) in [5, 5.41) is 2.88. The number of urea groups is 1. The third-order valence-corrected chi connectivity index (χ3v) is 4.40. The van der Waals surface area contributed by atoms with E-state index in [2.05, 4.69) is 15.3 Å². The van der Waals surface area contributed by atoms with Crippen LogP contribution < -0.4 is 24.3 Å². The van der Waals surface area contributed by atoms with Crippen LogP contribution >= 0.6 is 0 Å². The molecule has 1 unspecified atom stereocenters. The molecule has 0 radical (unpaired) electrons. The zero-order valence-electron chi connectivity index (χ0n) is 16.2. The molecule has 0 saturated carbocycles. The zero-order valence-corrected chi connectivity index (χ0v) is 16.2. The average Bonchev–Trinajstić information content (AvgIpc) is 2.73. The predicted octanol–water partition coefficient (Wildman–Crippen LogP) is 2.58. The molecule has 2 aromatic rings. The van der Waals surface area contributed by atoms with E-state index in [9.17, 15) is 4.79 Å². The maximum absolute atomic E-state index is 12.7. The molecule has 1 N–H and O–H groups in total. The van der Waals surface area contributed by atoms with Gasteiger partial charge in [-0.1, -0.05) is 0 Å². The Kier molecular flexibility index (Phi) is 6.36. The molecule has 0 spiro atoms. The van der Waals surface area contributed by atoms with Crippen molar-refractivity contribution >= 4 is 11.7 Å². The van der Waals surface area contributed by atoms with Gasteiger partial charge in [-0.25, -0.2) is 14.8 Å². The number of hydrogen-bond acceptors (Lipinski definition) is 7. The highest BCUT2D eigenvalue weighted by Crippen LogP contribution is 2.40. The molecule has 1 atom stereocenters. The first-order chi connectivity index (χ1) is 13.6. The number of rotatable bonds is 6. The van der Waals surface area contributed by atoms with Gasteiger partial charge in [0, 0.05) is 31.1 Å². The summed E-state index contributed by atoms with van der Waals surface area (Å²) in [4.78, 5) is 22.6. The van der Waals surface area contributed by atoms with Gasteiger partial charge in [-0.15, -0.1) is 0 Å². The quantitative estimate of drug-likeness (QED) is 0.813. The lowest BCUT2D eigenvalue weighted by atomic mass is 10.1. The fourth-order valence-electron chi connectivity index (χ4n) is 3.07. The molecule has 2 amide bonds. The molecule has 9 nitrogen and oxygen atoms in total. The van der Waals surface area contributed by atoms with Crippen molar-refractivity contribution in [3.63, 3.8) is 0 Å². The van der Waals surface area contributed by atoms with Crippen LogP contribution in [0.1, 0.15) is 12.8 Å². The first-order valence-corrected chi connectivity index (χ1v) is 8.94. The monoisotopic (exact) mass is 388 g/mol. The summed E-state index contributed by atoms with van der Waals surface area (Å²) in [6.07, 6.45) is 4.77. The summed E-state index contributed by atoms with van der Waals surface area (Å²) in [6, 6.07) is 5.20. The normalized spacial score (nSPS) is 16.2. The van der Waals surface area contributed by atoms with Crippen LogP contribution in [0.5, 0.6) is 23.3 Å². The highest BCUT2D eigenvalue weighted by molar-refractivity contribution is 5.90. The number of hydrogen-bond donors (Lipinski definition) is 1. The summed E-state index contributed by atoms with van der Waals surface area (Å²) in [5.41, 5.74) is 0.550. The molecule has 0 bridgehead atoms. The van der Waals surface area contributed by atoms with Gasteiger partial charge in [-0.05, 0) is 18.9 Å². The topological polar surface area (TPSA) is 95.0 Å². The van der Waals surface area contributed by atoms with Gasteiger partial charge in [0.1, 0.15) is 6.10 Å². The smallest absolute Gasteiger partial charge is 0.321 e. The molecular weight excluding hydrogens is 364 g/mol. The number of amides is 2. The molecule has 1 saturated heterocycles. The predicted molar refractivity (Wildman–Crippen MR) is 102 cm³/mol. The molecule has 150 valence electrons. The van der Waals surface area contributed by atoms with E-state index < -0.39 is 0 Å². The number of benzene rings is 1. The molecule has 1 aliphatic heterocycles. The first kappa shape index (κ1) is 19.5. The van der Waals surface area contributed by atoms with Crippen molar-refractivity contribution in [3.8, 4) is 23.3 Å². The maximum Gasteiger partial charge on any atom is 0.321 e. The van der Waals surface area contributed by atoms with Crippen molar-refractivity contribution in [2.45, 2.75) is 18.9 Å². The third-order valence-electron chi connectivity index (χ3n) is 4.40. The number of nitrogens with zero attached hydrogens (tertiary/aromatic N) is 3. The van der Waals surface area contributed by atoms with Crippen molar-refractivity contribution in [2.24, 2.45) is 0 Å². The van der Waals surface area contributed by atoms with Crippen LogP contribution in [0, 0.1) is 0 Å². The van der Waals surface area contributed by atoms with Crippen LogP contribution in [-0.2, 0) is 0 Å². The SMILES string of the molecule is COc1cc(NC(=O)N2CCCC(Oc3ncccn3)C2)cc(OC)c1OC. The van der Waals surface area contributed by atoms with E-state index in [4.69, 9.17) is 18.9 Å². The second kappa shape index (κ2) is 9.12. The molecule has 2 heterocycles. The number of likely N-dealkylation sites (tertiary alicyclic amines) is 1. The van der Waals surface area contributed by atoms with Crippen LogP contribution in [-0.4, -0.2) is 61.4 Å². The molecule has 28 heavy (non-hydrogen) atoms. The minimum absolute atomic E-state index is 0.151. The molecule has 1 aromatic heterocycles. The minimum Gasteiger partial charge on any atom is -0.493 e. The van der Waals surface area contributed by atoms with Gasteiger partial charge in [0.15, 0.2) is 11.5 Å².